The summed E-state index contributed by atoms with van der Waals surface area (Å²) < 4.78 is 1.85. The van der Waals surface area contributed by atoms with E-state index >= 15 is 0 Å². The molecular formula is C16H24N2O. The third-order valence-corrected chi connectivity index (χ3v) is 3.22. The molecule has 1 heterocycles. The molecule has 0 amide bonds. The molecule has 0 radical (unpaired) electrons. The van der Waals surface area contributed by atoms with Crippen molar-refractivity contribution in [1.82, 2.24) is 4.57 Å². The van der Waals surface area contributed by atoms with Gasteiger partial charge in [0.15, 0.2) is 0 Å². The minimum atomic E-state index is -0.0681. The van der Waals surface area contributed by atoms with Crippen LogP contribution in [0.4, 0.5) is 0 Å². The van der Waals surface area contributed by atoms with Crippen molar-refractivity contribution in [3.8, 4) is 6.07 Å². The van der Waals surface area contributed by atoms with Gasteiger partial charge in [0, 0.05) is 23.2 Å². The van der Waals surface area contributed by atoms with Crippen molar-refractivity contribution in [2.75, 3.05) is 0 Å². The molecule has 0 aliphatic rings. The fourth-order valence-corrected chi connectivity index (χ4v) is 2.11. The quantitative estimate of drug-likeness (QED) is 0.834. The third kappa shape index (κ3) is 3.96. The van der Waals surface area contributed by atoms with E-state index in [0.29, 0.717) is 11.5 Å². The second-order valence-electron chi connectivity index (χ2n) is 6.47. The molecule has 0 spiro atoms. The smallest absolute Gasteiger partial charge is 0.255 e. The lowest BCUT2D eigenvalue weighted by Gasteiger charge is -2.25. The molecule has 0 bridgehead atoms. The zero-order valence-corrected chi connectivity index (χ0v) is 12.7. The van der Waals surface area contributed by atoms with E-state index in [9.17, 15) is 4.79 Å². The van der Waals surface area contributed by atoms with Gasteiger partial charge in [0.05, 0.1) is 12.5 Å². The normalized spacial score (nSPS) is 11.6. The van der Waals surface area contributed by atoms with Crippen molar-refractivity contribution < 1.29 is 0 Å². The molecule has 0 saturated carbocycles. The molecule has 1 rings (SSSR count). The summed E-state index contributed by atoms with van der Waals surface area (Å²) in [5.74, 6) is 0.555. The molecule has 3 nitrogen and oxygen atoms in total. The van der Waals surface area contributed by atoms with Gasteiger partial charge in [-0.3, -0.25) is 4.79 Å². The van der Waals surface area contributed by atoms with E-state index in [4.69, 9.17) is 5.26 Å². The van der Waals surface area contributed by atoms with Gasteiger partial charge in [-0.15, -0.1) is 0 Å². The van der Waals surface area contributed by atoms with Crippen LogP contribution in [0.25, 0.3) is 0 Å². The fraction of sp³-hybridized carbons (Fsp3) is 0.625. The Bertz CT molecular complexity index is 527. The average Bonchev–Trinajstić information content (AvgIpc) is 2.28. The predicted octanol–water partition coefficient (Wildman–Crippen LogP) is 3.26. The largest absolute Gasteiger partial charge is 0.312 e. The number of nitrogens with zero attached hydrogens (tertiary/aromatic N) is 2. The molecule has 0 aliphatic carbocycles. The van der Waals surface area contributed by atoms with Gasteiger partial charge in [0.2, 0.25) is 0 Å². The summed E-state index contributed by atoms with van der Waals surface area (Å²) in [4.78, 5) is 12.5. The molecule has 19 heavy (non-hydrogen) atoms. The number of hydrogen-bond donors (Lipinski definition) is 0. The number of rotatable bonds is 4. The minimum absolute atomic E-state index is 0.00498. The van der Waals surface area contributed by atoms with E-state index in [2.05, 4.69) is 40.7 Å². The van der Waals surface area contributed by atoms with E-state index in [1.54, 1.807) is 6.07 Å². The highest BCUT2D eigenvalue weighted by Gasteiger charge is 2.20. The van der Waals surface area contributed by atoms with Gasteiger partial charge in [0.1, 0.15) is 0 Å². The second kappa shape index (κ2) is 6.06. The molecule has 0 atom stereocenters. The zero-order chi connectivity index (χ0) is 14.6. The highest BCUT2D eigenvalue weighted by molar-refractivity contribution is 5.23. The molecule has 0 saturated heterocycles. The molecule has 3 heteroatoms. The first-order valence-electron chi connectivity index (χ1n) is 6.87. The molecule has 0 fully saturated rings. The Morgan fingerprint density at radius 3 is 2.42 bits per heavy atom. The maximum absolute atomic E-state index is 12.5. The van der Waals surface area contributed by atoms with Crippen LogP contribution in [-0.2, 0) is 18.4 Å². The lowest BCUT2D eigenvalue weighted by Crippen LogP contribution is -2.32. The van der Waals surface area contributed by atoms with Gasteiger partial charge >= 0.3 is 0 Å². The Hall–Kier alpha value is -1.56. The van der Waals surface area contributed by atoms with Crippen LogP contribution < -0.4 is 5.56 Å². The highest BCUT2D eigenvalue weighted by Crippen LogP contribution is 2.22. The summed E-state index contributed by atoms with van der Waals surface area (Å²) in [7, 11) is 0. The zero-order valence-electron chi connectivity index (χ0n) is 12.7. The molecule has 1 aromatic rings. The number of nitriles is 1. The number of hydrogen-bond acceptors (Lipinski definition) is 2. The SMILES string of the molecule is CC(C)CCn1c(C(C)(C)C)ccc(CC#N)c1=O. The van der Waals surface area contributed by atoms with E-state index in [0.717, 1.165) is 18.7 Å². The van der Waals surface area contributed by atoms with Crippen molar-refractivity contribution in [3.05, 3.63) is 33.7 Å². The maximum atomic E-state index is 12.5. The van der Waals surface area contributed by atoms with Crippen molar-refractivity contribution in [2.45, 2.75) is 59.4 Å². The van der Waals surface area contributed by atoms with Crippen LogP contribution in [0, 0.1) is 17.2 Å². The van der Waals surface area contributed by atoms with Crippen LogP contribution in [0.3, 0.4) is 0 Å². The Balaban J connectivity index is 3.30. The van der Waals surface area contributed by atoms with Crippen molar-refractivity contribution in [3.63, 3.8) is 0 Å². The standard InChI is InChI=1S/C16H24N2O/c1-12(2)9-11-18-14(16(3,4)5)7-6-13(8-10-17)15(18)19/h6-7,12H,8-9,11H2,1-5H3. The molecule has 0 aliphatic heterocycles. The summed E-state index contributed by atoms with van der Waals surface area (Å²) >= 11 is 0. The molecule has 0 N–H and O–H groups in total. The first-order valence-corrected chi connectivity index (χ1v) is 6.87. The first-order chi connectivity index (χ1) is 8.77. The lowest BCUT2D eigenvalue weighted by atomic mass is 9.90. The van der Waals surface area contributed by atoms with Gasteiger partial charge in [-0.2, -0.15) is 5.26 Å². The molecule has 0 aromatic carbocycles. The third-order valence-electron chi connectivity index (χ3n) is 3.22. The molecule has 0 unspecified atom stereocenters. The van der Waals surface area contributed by atoms with E-state index in [-0.39, 0.29) is 17.4 Å². The van der Waals surface area contributed by atoms with Gasteiger partial charge in [-0.05, 0) is 18.4 Å². The van der Waals surface area contributed by atoms with E-state index in [1.165, 1.54) is 0 Å². The van der Waals surface area contributed by atoms with Crippen LogP contribution in [0.15, 0.2) is 16.9 Å². The highest BCUT2D eigenvalue weighted by atomic mass is 16.1. The van der Waals surface area contributed by atoms with Crippen LogP contribution in [-0.4, -0.2) is 4.57 Å². The van der Waals surface area contributed by atoms with Gasteiger partial charge in [0.25, 0.3) is 5.56 Å². The van der Waals surface area contributed by atoms with Gasteiger partial charge in [-0.1, -0.05) is 40.7 Å². The van der Waals surface area contributed by atoms with E-state index in [1.807, 2.05) is 10.6 Å². The average molecular weight is 260 g/mol. The Morgan fingerprint density at radius 2 is 1.95 bits per heavy atom. The molecular weight excluding hydrogens is 236 g/mol. The lowest BCUT2D eigenvalue weighted by molar-refractivity contribution is 0.453. The second-order valence-corrected chi connectivity index (χ2v) is 6.47. The van der Waals surface area contributed by atoms with Gasteiger partial charge < -0.3 is 4.57 Å². The van der Waals surface area contributed by atoms with Crippen molar-refractivity contribution in [2.24, 2.45) is 5.92 Å². The van der Waals surface area contributed by atoms with E-state index < -0.39 is 0 Å². The molecule has 104 valence electrons. The Labute approximate surface area is 115 Å². The summed E-state index contributed by atoms with van der Waals surface area (Å²) in [6.45, 7) is 11.4. The summed E-state index contributed by atoms with van der Waals surface area (Å²) in [5.41, 5.74) is 1.56. The topological polar surface area (TPSA) is 45.8 Å². The number of aromatic nitrogens is 1. The summed E-state index contributed by atoms with van der Waals surface area (Å²) in [6.07, 6.45) is 1.16. The fourth-order valence-electron chi connectivity index (χ4n) is 2.11. The Kier molecular flexibility index (Phi) is 4.94. The number of pyridine rings is 1. The summed E-state index contributed by atoms with van der Waals surface area (Å²) in [6, 6.07) is 5.86. The Morgan fingerprint density at radius 1 is 1.32 bits per heavy atom. The van der Waals surface area contributed by atoms with Crippen LogP contribution in [0.5, 0.6) is 0 Å². The van der Waals surface area contributed by atoms with Crippen LogP contribution >= 0.6 is 0 Å². The predicted molar refractivity (Wildman–Crippen MR) is 78.2 cm³/mol. The van der Waals surface area contributed by atoms with Crippen LogP contribution in [0.2, 0.25) is 0 Å². The van der Waals surface area contributed by atoms with Crippen LogP contribution in [0.1, 0.15) is 52.3 Å². The maximum Gasteiger partial charge on any atom is 0.255 e. The monoisotopic (exact) mass is 260 g/mol. The summed E-state index contributed by atoms with van der Waals surface area (Å²) in [5, 5.41) is 8.78. The molecule has 1 aromatic heterocycles. The minimum Gasteiger partial charge on any atom is -0.312 e. The van der Waals surface area contributed by atoms with Crippen molar-refractivity contribution >= 4 is 0 Å². The first kappa shape index (κ1) is 15.5. The van der Waals surface area contributed by atoms with Gasteiger partial charge in [-0.25, -0.2) is 0 Å². The van der Waals surface area contributed by atoms with Crippen molar-refractivity contribution in [1.29, 1.82) is 5.26 Å².